The number of aryl methyl sites for hydroxylation is 1. The lowest BCUT2D eigenvalue weighted by Crippen LogP contribution is -2.26. The van der Waals surface area contributed by atoms with Crippen molar-refractivity contribution in [2.75, 3.05) is 0 Å². The Hall–Kier alpha value is -1.75. The van der Waals surface area contributed by atoms with Gasteiger partial charge in [-0.15, -0.1) is 10.2 Å². The van der Waals surface area contributed by atoms with Crippen molar-refractivity contribution in [2.45, 2.75) is 32.4 Å². The molecule has 4 nitrogen and oxygen atoms in total. The zero-order valence-corrected chi connectivity index (χ0v) is 11.5. The van der Waals surface area contributed by atoms with Crippen LogP contribution in [0.25, 0.3) is 0 Å². The molecule has 1 N–H and O–H groups in total. The number of aromatic nitrogens is 3. The fourth-order valence-electron chi connectivity index (χ4n) is 2.23. The second-order valence-electron chi connectivity index (χ2n) is 4.70. The first-order chi connectivity index (χ1) is 9.11. The van der Waals surface area contributed by atoms with E-state index < -0.39 is 0 Å². The van der Waals surface area contributed by atoms with Gasteiger partial charge in [0.15, 0.2) is 0 Å². The monoisotopic (exact) mass is 262 g/mol. The average molecular weight is 262 g/mol. The predicted octanol–water partition coefficient (Wildman–Crippen LogP) is 2.76. The summed E-state index contributed by atoms with van der Waals surface area (Å²) in [6, 6.07) is 6.87. The molecular weight excluding hydrogens is 243 g/mol. The highest BCUT2D eigenvalue weighted by Gasteiger charge is 2.17. The summed E-state index contributed by atoms with van der Waals surface area (Å²) in [5, 5.41) is 11.4. The zero-order valence-electron chi connectivity index (χ0n) is 11.5. The molecular formula is C14H19FN4. The molecule has 5 heteroatoms. The van der Waals surface area contributed by atoms with Crippen molar-refractivity contribution in [3.63, 3.8) is 0 Å². The Labute approximate surface area is 112 Å². The molecule has 0 saturated carbocycles. The van der Waals surface area contributed by atoms with Crippen LogP contribution in [0.2, 0.25) is 0 Å². The van der Waals surface area contributed by atoms with Crippen molar-refractivity contribution >= 4 is 0 Å². The smallest absolute Gasteiger partial charge is 0.149 e. The highest BCUT2D eigenvalue weighted by Crippen LogP contribution is 2.21. The largest absolute Gasteiger partial charge is 0.319 e. The van der Waals surface area contributed by atoms with Gasteiger partial charge >= 0.3 is 0 Å². The summed E-state index contributed by atoms with van der Waals surface area (Å²) in [4.78, 5) is 0. The summed E-state index contributed by atoms with van der Waals surface area (Å²) in [5.74, 6) is 0.666. The molecule has 1 aromatic heterocycles. The molecule has 0 saturated heterocycles. The fourth-order valence-corrected chi connectivity index (χ4v) is 2.23. The van der Waals surface area contributed by atoms with Crippen LogP contribution in [0.5, 0.6) is 0 Å². The summed E-state index contributed by atoms with van der Waals surface area (Å²) in [6.07, 6.45) is 2.56. The molecule has 2 rings (SSSR count). The molecule has 2 aromatic rings. The van der Waals surface area contributed by atoms with Crippen molar-refractivity contribution < 1.29 is 4.39 Å². The molecule has 0 fully saturated rings. The third-order valence-corrected chi connectivity index (χ3v) is 3.24. The van der Waals surface area contributed by atoms with Gasteiger partial charge in [0.2, 0.25) is 0 Å². The van der Waals surface area contributed by atoms with Crippen molar-refractivity contribution in [2.24, 2.45) is 7.05 Å². The quantitative estimate of drug-likeness (QED) is 0.901. The van der Waals surface area contributed by atoms with Crippen LogP contribution in [-0.4, -0.2) is 14.8 Å². The molecule has 0 bridgehead atoms. The molecule has 0 aliphatic carbocycles. The Morgan fingerprint density at radius 1 is 1.42 bits per heavy atom. The van der Waals surface area contributed by atoms with Crippen LogP contribution in [0.4, 0.5) is 4.39 Å². The first-order valence-electron chi connectivity index (χ1n) is 6.47. The van der Waals surface area contributed by atoms with Crippen LogP contribution < -0.4 is 5.32 Å². The van der Waals surface area contributed by atoms with Crippen molar-refractivity contribution in [3.05, 3.63) is 47.8 Å². The summed E-state index contributed by atoms with van der Waals surface area (Å²) in [6.45, 7) is 4.11. The van der Waals surface area contributed by atoms with Gasteiger partial charge in [0.25, 0.3) is 0 Å². The topological polar surface area (TPSA) is 42.7 Å². The predicted molar refractivity (Wildman–Crippen MR) is 72.0 cm³/mol. The van der Waals surface area contributed by atoms with E-state index in [1.165, 1.54) is 6.07 Å². The summed E-state index contributed by atoms with van der Waals surface area (Å²) < 4.78 is 15.2. The van der Waals surface area contributed by atoms with Gasteiger partial charge in [0, 0.05) is 13.1 Å². The lowest BCUT2D eigenvalue weighted by molar-refractivity contribution is 0.433. The number of nitrogens with zero attached hydrogens (tertiary/aromatic N) is 3. The lowest BCUT2D eigenvalue weighted by atomic mass is 10.0. The van der Waals surface area contributed by atoms with Gasteiger partial charge in [-0.3, -0.25) is 0 Å². The SMILES string of the molecule is CCC(NC(C)c1nncn1C)c1cccc(F)c1. The minimum absolute atomic E-state index is 0.0562. The number of hydrogen-bond acceptors (Lipinski definition) is 3. The molecule has 2 atom stereocenters. The van der Waals surface area contributed by atoms with Crippen LogP contribution in [0.15, 0.2) is 30.6 Å². The Morgan fingerprint density at radius 2 is 2.21 bits per heavy atom. The minimum atomic E-state index is -0.205. The van der Waals surface area contributed by atoms with Crippen molar-refractivity contribution in [1.82, 2.24) is 20.1 Å². The maximum atomic E-state index is 13.3. The lowest BCUT2D eigenvalue weighted by Gasteiger charge is -2.22. The minimum Gasteiger partial charge on any atom is -0.319 e. The average Bonchev–Trinajstić information content (AvgIpc) is 2.82. The number of hydrogen-bond donors (Lipinski definition) is 1. The van der Waals surface area contributed by atoms with Gasteiger partial charge in [-0.05, 0) is 31.0 Å². The molecule has 0 spiro atoms. The molecule has 1 heterocycles. The van der Waals surface area contributed by atoms with Gasteiger partial charge in [-0.1, -0.05) is 19.1 Å². The second-order valence-corrected chi connectivity index (χ2v) is 4.70. The molecule has 0 amide bonds. The van der Waals surface area contributed by atoms with Crippen LogP contribution in [0, 0.1) is 5.82 Å². The first-order valence-corrected chi connectivity index (χ1v) is 6.47. The normalized spacial score (nSPS) is 14.3. The van der Waals surface area contributed by atoms with Crippen LogP contribution in [0.3, 0.4) is 0 Å². The van der Waals surface area contributed by atoms with E-state index in [1.807, 2.05) is 24.6 Å². The highest BCUT2D eigenvalue weighted by atomic mass is 19.1. The van der Waals surface area contributed by atoms with Crippen LogP contribution in [-0.2, 0) is 7.05 Å². The van der Waals surface area contributed by atoms with Gasteiger partial charge in [0.1, 0.15) is 18.0 Å². The Balaban J connectivity index is 2.13. The van der Waals surface area contributed by atoms with E-state index in [4.69, 9.17) is 0 Å². The second kappa shape index (κ2) is 5.93. The molecule has 2 unspecified atom stereocenters. The summed E-state index contributed by atoms with van der Waals surface area (Å²) >= 11 is 0. The van der Waals surface area contributed by atoms with Crippen LogP contribution in [0.1, 0.15) is 43.7 Å². The summed E-state index contributed by atoms with van der Waals surface area (Å²) in [7, 11) is 1.91. The highest BCUT2D eigenvalue weighted by molar-refractivity contribution is 5.20. The van der Waals surface area contributed by atoms with E-state index in [0.29, 0.717) is 0 Å². The van der Waals surface area contributed by atoms with E-state index in [-0.39, 0.29) is 17.9 Å². The van der Waals surface area contributed by atoms with E-state index in [0.717, 1.165) is 17.8 Å². The standard InChI is InChI=1S/C14H19FN4/c1-4-13(11-6-5-7-12(15)8-11)17-10(2)14-18-16-9-19(14)3/h5-10,13,17H,4H2,1-3H3. The van der Waals surface area contributed by atoms with E-state index >= 15 is 0 Å². The van der Waals surface area contributed by atoms with Crippen LogP contribution >= 0.6 is 0 Å². The number of benzene rings is 1. The molecule has 0 radical (unpaired) electrons. The van der Waals surface area contributed by atoms with Gasteiger partial charge in [-0.25, -0.2) is 4.39 Å². The van der Waals surface area contributed by atoms with Gasteiger partial charge in [-0.2, -0.15) is 0 Å². The van der Waals surface area contributed by atoms with Gasteiger partial charge < -0.3 is 9.88 Å². The third-order valence-electron chi connectivity index (χ3n) is 3.24. The third kappa shape index (κ3) is 3.17. The van der Waals surface area contributed by atoms with E-state index in [9.17, 15) is 4.39 Å². The van der Waals surface area contributed by atoms with E-state index in [2.05, 4.69) is 22.4 Å². The maximum absolute atomic E-state index is 13.3. The Bertz CT molecular complexity index is 538. The molecule has 0 aliphatic heterocycles. The molecule has 102 valence electrons. The summed E-state index contributed by atoms with van der Waals surface area (Å²) in [5.41, 5.74) is 0.955. The van der Waals surface area contributed by atoms with Crippen molar-refractivity contribution in [1.29, 1.82) is 0 Å². The number of rotatable bonds is 5. The number of halogens is 1. The molecule has 0 aliphatic rings. The van der Waals surface area contributed by atoms with Gasteiger partial charge in [0.05, 0.1) is 6.04 Å². The van der Waals surface area contributed by atoms with E-state index in [1.54, 1.807) is 18.5 Å². The molecule has 1 aromatic carbocycles. The fraction of sp³-hybridized carbons (Fsp3) is 0.429. The first kappa shape index (κ1) is 13.7. The Kier molecular flexibility index (Phi) is 4.27. The number of nitrogens with one attached hydrogen (secondary N) is 1. The Morgan fingerprint density at radius 3 is 2.79 bits per heavy atom. The zero-order chi connectivity index (χ0) is 13.8. The molecule has 19 heavy (non-hydrogen) atoms. The van der Waals surface area contributed by atoms with Crippen molar-refractivity contribution in [3.8, 4) is 0 Å². The maximum Gasteiger partial charge on any atom is 0.149 e.